The largest absolute Gasteiger partial charge is 0.324 e. The maximum atomic E-state index is 12.4. The number of para-hydroxylation sites is 2. The van der Waals surface area contributed by atoms with E-state index in [2.05, 4.69) is 22.8 Å². The fraction of sp³-hybridized carbons (Fsp3) is 0.417. The molecular formula is C24H30N2O2S5. The minimum Gasteiger partial charge on any atom is -0.324 e. The molecule has 0 atom stereocenters. The SMILES string of the molecule is O=C1CSCCSCCSCC(=O)Nc2ccccc2SCCCCSc2ccccc2N1. The molecule has 0 fully saturated rings. The summed E-state index contributed by atoms with van der Waals surface area (Å²) >= 11 is 8.82. The minimum absolute atomic E-state index is 0.0630. The van der Waals surface area contributed by atoms with Crippen molar-refractivity contribution in [3.05, 3.63) is 48.5 Å². The number of anilines is 2. The summed E-state index contributed by atoms with van der Waals surface area (Å²) in [5, 5.41) is 6.17. The third-order valence-corrected chi connectivity index (χ3v) is 10.3. The van der Waals surface area contributed by atoms with Gasteiger partial charge in [-0.1, -0.05) is 24.3 Å². The zero-order valence-corrected chi connectivity index (χ0v) is 22.6. The van der Waals surface area contributed by atoms with Crippen molar-refractivity contribution in [2.45, 2.75) is 22.6 Å². The summed E-state index contributed by atoms with van der Waals surface area (Å²) in [6.07, 6.45) is 2.19. The lowest BCUT2D eigenvalue weighted by molar-refractivity contribution is -0.114. The number of hydrogen-bond donors (Lipinski definition) is 2. The highest BCUT2D eigenvalue weighted by molar-refractivity contribution is 8.04. The zero-order valence-electron chi connectivity index (χ0n) is 18.5. The van der Waals surface area contributed by atoms with Gasteiger partial charge in [0.1, 0.15) is 0 Å². The van der Waals surface area contributed by atoms with E-state index in [1.807, 2.05) is 48.2 Å². The zero-order chi connectivity index (χ0) is 23.1. The van der Waals surface area contributed by atoms with Gasteiger partial charge in [-0.05, 0) is 48.6 Å². The van der Waals surface area contributed by atoms with Crippen molar-refractivity contribution < 1.29 is 9.59 Å². The van der Waals surface area contributed by atoms with Crippen LogP contribution in [0.5, 0.6) is 0 Å². The molecule has 33 heavy (non-hydrogen) atoms. The first-order valence-corrected chi connectivity index (χ1v) is 16.4. The molecule has 0 bridgehead atoms. The molecule has 0 unspecified atom stereocenters. The van der Waals surface area contributed by atoms with Gasteiger partial charge < -0.3 is 10.6 Å². The van der Waals surface area contributed by atoms with Gasteiger partial charge in [0.25, 0.3) is 0 Å². The van der Waals surface area contributed by atoms with Crippen LogP contribution < -0.4 is 10.6 Å². The number of benzene rings is 2. The molecule has 0 spiro atoms. The molecule has 4 nitrogen and oxygen atoms in total. The maximum Gasteiger partial charge on any atom is 0.234 e. The average Bonchev–Trinajstić information content (AvgIpc) is 2.81. The highest BCUT2D eigenvalue weighted by atomic mass is 32.2. The molecule has 2 aromatic carbocycles. The van der Waals surface area contributed by atoms with Crippen molar-refractivity contribution in [1.82, 2.24) is 0 Å². The second-order valence-electron chi connectivity index (χ2n) is 7.21. The Bertz CT molecular complexity index is 825. The first-order chi connectivity index (χ1) is 16.2. The molecule has 0 aliphatic carbocycles. The summed E-state index contributed by atoms with van der Waals surface area (Å²) in [5.41, 5.74) is 1.83. The van der Waals surface area contributed by atoms with Crippen LogP contribution >= 0.6 is 58.8 Å². The Hall–Kier alpha value is -0.870. The topological polar surface area (TPSA) is 58.2 Å². The number of fused-ring (bicyclic) bond motifs is 2. The summed E-state index contributed by atoms with van der Waals surface area (Å²) < 4.78 is 0. The van der Waals surface area contributed by atoms with E-state index in [0.29, 0.717) is 11.5 Å². The molecule has 2 aromatic rings. The second kappa shape index (κ2) is 15.9. The highest BCUT2D eigenvalue weighted by Crippen LogP contribution is 2.30. The first kappa shape index (κ1) is 26.7. The van der Waals surface area contributed by atoms with Crippen LogP contribution in [-0.2, 0) is 9.59 Å². The monoisotopic (exact) mass is 538 g/mol. The Kier molecular flexibility index (Phi) is 12.9. The van der Waals surface area contributed by atoms with Gasteiger partial charge in [0.05, 0.1) is 22.9 Å². The van der Waals surface area contributed by atoms with E-state index >= 15 is 0 Å². The van der Waals surface area contributed by atoms with Crippen LogP contribution in [0.1, 0.15) is 12.8 Å². The Morgan fingerprint density at radius 2 is 0.970 bits per heavy atom. The van der Waals surface area contributed by atoms with Gasteiger partial charge in [0, 0.05) is 32.8 Å². The maximum absolute atomic E-state index is 12.4. The van der Waals surface area contributed by atoms with E-state index in [0.717, 1.165) is 68.5 Å². The van der Waals surface area contributed by atoms with E-state index in [4.69, 9.17) is 0 Å². The van der Waals surface area contributed by atoms with E-state index in [-0.39, 0.29) is 11.8 Å². The van der Waals surface area contributed by atoms with Crippen molar-refractivity contribution in [3.8, 4) is 0 Å². The lowest BCUT2D eigenvalue weighted by Crippen LogP contribution is -2.15. The van der Waals surface area contributed by atoms with Crippen LogP contribution in [0.4, 0.5) is 11.4 Å². The molecule has 1 heterocycles. The molecule has 3 rings (SSSR count). The molecule has 0 aromatic heterocycles. The quantitative estimate of drug-likeness (QED) is 0.400. The van der Waals surface area contributed by atoms with Gasteiger partial charge in [-0.25, -0.2) is 0 Å². The van der Waals surface area contributed by atoms with Crippen molar-refractivity contribution in [3.63, 3.8) is 0 Å². The normalized spacial score (nSPS) is 18.3. The van der Waals surface area contributed by atoms with Crippen LogP contribution in [0.3, 0.4) is 0 Å². The van der Waals surface area contributed by atoms with Crippen molar-refractivity contribution in [2.75, 3.05) is 56.7 Å². The Morgan fingerprint density at radius 3 is 1.45 bits per heavy atom. The minimum atomic E-state index is 0.0630. The van der Waals surface area contributed by atoms with Crippen LogP contribution in [0, 0.1) is 0 Å². The Balaban J connectivity index is 1.57. The predicted molar refractivity (Wildman–Crippen MR) is 153 cm³/mol. The van der Waals surface area contributed by atoms with Crippen LogP contribution in [-0.4, -0.2) is 57.8 Å². The number of rotatable bonds is 0. The van der Waals surface area contributed by atoms with Gasteiger partial charge in [-0.15, -0.1) is 23.5 Å². The molecule has 1 aliphatic heterocycles. The Labute approximate surface area is 218 Å². The summed E-state index contributed by atoms with van der Waals surface area (Å²) in [7, 11) is 0. The molecule has 0 radical (unpaired) electrons. The molecule has 2 N–H and O–H groups in total. The van der Waals surface area contributed by atoms with Crippen molar-refractivity contribution in [2.24, 2.45) is 0 Å². The molecule has 1 aliphatic rings. The number of hydrogen-bond acceptors (Lipinski definition) is 7. The average molecular weight is 539 g/mol. The summed E-state index contributed by atoms with van der Waals surface area (Å²) in [6.45, 7) is 0. The van der Waals surface area contributed by atoms with Crippen LogP contribution in [0.2, 0.25) is 0 Å². The number of thioether (sulfide) groups is 5. The summed E-state index contributed by atoms with van der Waals surface area (Å²) in [4.78, 5) is 27.0. The molecular weight excluding hydrogens is 509 g/mol. The van der Waals surface area contributed by atoms with E-state index in [1.54, 1.807) is 47.0 Å². The summed E-state index contributed by atoms with van der Waals surface area (Å²) in [6, 6.07) is 16.1. The first-order valence-electron chi connectivity index (χ1n) is 11.0. The fourth-order valence-corrected chi connectivity index (χ4v) is 7.93. The van der Waals surface area contributed by atoms with Crippen molar-refractivity contribution in [1.29, 1.82) is 0 Å². The molecule has 9 heteroatoms. The number of nitrogens with one attached hydrogen (secondary N) is 2. The van der Waals surface area contributed by atoms with Crippen molar-refractivity contribution >= 4 is 82.0 Å². The van der Waals surface area contributed by atoms with Gasteiger partial charge >= 0.3 is 0 Å². The van der Waals surface area contributed by atoms with Gasteiger partial charge in [0.2, 0.25) is 11.8 Å². The molecule has 2 amide bonds. The Morgan fingerprint density at radius 1 is 0.545 bits per heavy atom. The number of carbonyl (C=O) groups excluding carboxylic acids is 2. The standard InChI is InChI=1S/C24H30N2O2S5/c27-23-17-30-15-13-29-14-16-31-18-24(28)26-20-8-2-4-10-22(20)33-12-6-5-11-32-21-9-3-1-7-19(21)25-23/h1-4,7-10H,5-6,11-18H2,(H,25,27)(H,26,28). The van der Waals surface area contributed by atoms with E-state index in [1.165, 1.54) is 0 Å². The third-order valence-electron chi connectivity index (χ3n) is 4.59. The molecule has 0 saturated carbocycles. The predicted octanol–water partition coefficient (Wildman–Crippen LogP) is 6.44. The highest BCUT2D eigenvalue weighted by Gasteiger charge is 2.09. The molecule has 178 valence electrons. The van der Waals surface area contributed by atoms with E-state index in [9.17, 15) is 9.59 Å². The summed E-state index contributed by atoms with van der Waals surface area (Å²) in [5.74, 6) is 7.04. The van der Waals surface area contributed by atoms with Gasteiger partial charge in [0.15, 0.2) is 0 Å². The fourth-order valence-electron chi connectivity index (χ4n) is 3.00. The van der Waals surface area contributed by atoms with Gasteiger partial charge in [-0.3, -0.25) is 9.59 Å². The lowest BCUT2D eigenvalue weighted by Gasteiger charge is -2.11. The van der Waals surface area contributed by atoms with Crippen LogP contribution in [0.15, 0.2) is 58.3 Å². The lowest BCUT2D eigenvalue weighted by atomic mass is 10.3. The third kappa shape index (κ3) is 10.5. The van der Waals surface area contributed by atoms with E-state index < -0.39 is 0 Å². The number of carbonyl (C=O) groups is 2. The second-order valence-corrected chi connectivity index (χ2v) is 12.9. The van der Waals surface area contributed by atoms with Gasteiger partial charge in [-0.2, -0.15) is 35.3 Å². The van der Waals surface area contributed by atoms with Crippen LogP contribution in [0.25, 0.3) is 0 Å². The molecule has 0 saturated heterocycles. The smallest absolute Gasteiger partial charge is 0.234 e. The number of amides is 2.